The maximum atomic E-state index is 6.02. The third kappa shape index (κ3) is 2.15. The van der Waals surface area contributed by atoms with Gasteiger partial charge in [-0.25, -0.2) is 9.97 Å². The van der Waals surface area contributed by atoms with Crippen molar-refractivity contribution in [2.45, 2.75) is 0 Å². The zero-order valence-electron chi connectivity index (χ0n) is 10.7. The van der Waals surface area contributed by atoms with Crippen molar-refractivity contribution in [3.05, 3.63) is 41.7 Å². The number of nitrogens with one attached hydrogen (secondary N) is 1. The van der Waals surface area contributed by atoms with Crippen LogP contribution in [0.4, 0.5) is 5.69 Å². The van der Waals surface area contributed by atoms with Gasteiger partial charge in [0.05, 0.1) is 5.52 Å². The molecule has 0 spiro atoms. The van der Waals surface area contributed by atoms with Crippen LogP contribution in [0.15, 0.2) is 36.5 Å². The minimum absolute atomic E-state index is 0.421. The summed E-state index contributed by atoms with van der Waals surface area (Å²) in [6.07, 6.45) is 1.67. The van der Waals surface area contributed by atoms with Crippen molar-refractivity contribution in [1.82, 2.24) is 15.0 Å². The van der Waals surface area contributed by atoms with Gasteiger partial charge < -0.3 is 9.88 Å². The quantitative estimate of drug-likeness (QED) is 0.728. The Balaban J connectivity index is 2.06. The molecule has 0 saturated carbocycles. The van der Waals surface area contributed by atoms with Crippen molar-refractivity contribution < 1.29 is 0 Å². The number of aromatic amines is 1. The fourth-order valence-electron chi connectivity index (χ4n) is 1.96. The molecule has 3 rings (SSSR count). The Morgan fingerprint density at radius 2 is 1.84 bits per heavy atom. The summed E-state index contributed by atoms with van der Waals surface area (Å²) >= 11 is 6.02. The van der Waals surface area contributed by atoms with Gasteiger partial charge >= 0.3 is 0 Å². The van der Waals surface area contributed by atoms with Crippen molar-refractivity contribution in [1.29, 1.82) is 0 Å². The van der Waals surface area contributed by atoms with Crippen LogP contribution in [0.1, 0.15) is 0 Å². The molecule has 0 aliphatic heterocycles. The molecule has 3 aromatic rings. The molecule has 0 aliphatic rings. The number of hydrogen-bond acceptors (Lipinski definition) is 3. The molecule has 5 heteroatoms. The van der Waals surface area contributed by atoms with E-state index < -0.39 is 0 Å². The van der Waals surface area contributed by atoms with Crippen molar-refractivity contribution >= 4 is 28.3 Å². The summed E-state index contributed by atoms with van der Waals surface area (Å²) in [5, 5.41) is 0.421. The van der Waals surface area contributed by atoms with E-state index in [1.165, 1.54) is 0 Å². The van der Waals surface area contributed by atoms with E-state index in [0.29, 0.717) is 10.7 Å². The Bertz CT molecular complexity index is 716. The second kappa shape index (κ2) is 4.55. The third-order valence-electron chi connectivity index (χ3n) is 3.01. The predicted molar refractivity (Wildman–Crippen MR) is 78.7 cm³/mol. The molecule has 2 heterocycles. The van der Waals surface area contributed by atoms with Crippen molar-refractivity contribution in [3.8, 4) is 11.4 Å². The van der Waals surface area contributed by atoms with Crippen LogP contribution in [0.3, 0.4) is 0 Å². The summed E-state index contributed by atoms with van der Waals surface area (Å²) in [5.74, 6) is 0.801. The molecule has 0 radical (unpaired) electrons. The normalized spacial score (nSPS) is 10.9. The first-order valence-corrected chi connectivity index (χ1v) is 6.31. The standard InChI is InChI=1S/C14H13ClN4/c1-19(2)10-5-3-9(4-6-10)14-17-11-7-8-16-13(15)12(11)18-14/h3-8H,1-2H3,(H,17,18). The van der Waals surface area contributed by atoms with Gasteiger partial charge in [0, 0.05) is 31.5 Å². The number of imidazole rings is 1. The van der Waals surface area contributed by atoms with E-state index in [-0.39, 0.29) is 0 Å². The minimum atomic E-state index is 0.421. The van der Waals surface area contributed by atoms with Crippen LogP contribution < -0.4 is 4.90 Å². The Labute approximate surface area is 116 Å². The summed E-state index contributed by atoms with van der Waals surface area (Å²) < 4.78 is 0. The van der Waals surface area contributed by atoms with Gasteiger partial charge in [0.2, 0.25) is 0 Å². The first kappa shape index (κ1) is 12.0. The van der Waals surface area contributed by atoms with Crippen LogP contribution >= 0.6 is 11.6 Å². The number of pyridine rings is 1. The van der Waals surface area contributed by atoms with E-state index in [4.69, 9.17) is 11.6 Å². The molecular weight excluding hydrogens is 260 g/mol. The van der Waals surface area contributed by atoms with E-state index >= 15 is 0 Å². The highest BCUT2D eigenvalue weighted by Gasteiger charge is 2.08. The number of anilines is 1. The number of benzene rings is 1. The summed E-state index contributed by atoms with van der Waals surface area (Å²) in [6, 6.07) is 10.1. The molecule has 0 bridgehead atoms. The Hall–Kier alpha value is -2.07. The van der Waals surface area contributed by atoms with E-state index in [0.717, 1.165) is 22.6 Å². The first-order chi connectivity index (χ1) is 9.15. The molecule has 1 N–H and O–H groups in total. The lowest BCUT2D eigenvalue weighted by Crippen LogP contribution is -2.07. The topological polar surface area (TPSA) is 44.8 Å². The molecular formula is C14H13ClN4. The number of hydrogen-bond donors (Lipinski definition) is 1. The molecule has 0 amide bonds. The maximum Gasteiger partial charge on any atom is 0.156 e. The maximum absolute atomic E-state index is 6.02. The third-order valence-corrected chi connectivity index (χ3v) is 3.29. The molecule has 0 aliphatic carbocycles. The average Bonchev–Trinajstić information content (AvgIpc) is 2.84. The number of halogens is 1. The van der Waals surface area contributed by atoms with E-state index in [2.05, 4.69) is 32.0 Å². The van der Waals surface area contributed by atoms with E-state index in [1.807, 2.05) is 32.3 Å². The summed E-state index contributed by atoms with van der Waals surface area (Å²) in [7, 11) is 4.03. The predicted octanol–water partition coefficient (Wildman–Crippen LogP) is 3.34. The number of rotatable bonds is 2. The minimum Gasteiger partial charge on any atom is -0.378 e. The number of H-pyrrole nitrogens is 1. The molecule has 4 nitrogen and oxygen atoms in total. The van der Waals surface area contributed by atoms with Gasteiger partial charge in [-0.15, -0.1) is 0 Å². The monoisotopic (exact) mass is 272 g/mol. The summed E-state index contributed by atoms with van der Waals surface area (Å²) in [5.41, 5.74) is 3.78. The van der Waals surface area contributed by atoms with Gasteiger partial charge in [0.15, 0.2) is 5.15 Å². The Morgan fingerprint density at radius 3 is 2.47 bits per heavy atom. The summed E-state index contributed by atoms with van der Waals surface area (Å²) in [4.78, 5) is 13.8. The van der Waals surface area contributed by atoms with Crippen molar-refractivity contribution in [2.75, 3.05) is 19.0 Å². The lowest BCUT2D eigenvalue weighted by atomic mass is 10.2. The molecule has 1 aromatic carbocycles. The highest BCUT2D eigenvalue weighted by Crippen LogP contribution is 2.25. The zero-order valence-corrected chi connectivity index (χ0v) is 11.4. The number of nitrogens with zero attached hydrogens (tertiary/aromatic N) is 3. The molecule has 96 valence electrons. The van der Waals surface area contributed by atoms with E-state index in [9.17, 15) is 0 Å². The molecule has 0 fully saturated rings. The largest absolute Gasteiger partial charge is 0.378 e. The Kier molecular flexibility index (Phi) is 2.87. The molecule has 0 saturated heterocycles. The highest BCUT2D eigenvalue weighted by atomic mass is 35.5. The van der Waals surface area contributed by atoms with Gasteiger partial charge in [0.1, 0.15) is 11.3 Å². The molecule has 2 aromatic heterocycles. The van der Waals surface area contributed by atoms with Crippen LogP contribution in [-0.2, 0) is 0 Å². The van der Waals surface area contributed by atoms with Crippen molar-refractivity contribution in [3.63, 3.8) is 0 Å². The fourth-order valence-corrected chi connectivity index (χ4v) is 2.16. The van der Waals surface area contributed by atoms with Gasteiger partial charge in [-0.2, -0.15) is 0 Å². The average molecular weight is 273 g/mol. The smallest absolute Gasteiger partial charge is 0.156 e. The van der Waals surface area contributed by atoms with Gasteiger partial charge in [0.25, 0.3) is 0 Å². The first-order valence-electron chi connectivity index (χ1n) is 5.93. The lowest BCUT2D eigenvalue weighted by molar-refractivity contribution is 1.13. The van der Waals surface area contributed by atoms with Crippen LogP contribution in [0.25, 0.3) is 22.4 Å². The second-order valence-electron chi connectivity index (χ2n) is 4.52. The second-order valence-corrected chi connectivity index (χ2v) is 4.88. The Morgan fingerprint density at radius 1 is 1.11 bits per heavy atom. The van der Waals surface area contributed by atoms with Crippen LogP contribution in [-0.4, -0.2) is 29.0 Å². The van der Waals surface area contributed by atoms with Crippen LogP contribution in [0.5, 0.6) is 0 Å². The number of aromatic nitrogens is 3. The molecule has 0 atom stereocenters. The fraction of sp³-hybridized carbons (Fsp3) is 0.143. The van der Waals surface area contributed by atoms with Gasteiger partial charge in [-0.3, -0.25) is 0 Å². The van der Waals surface area contributed by atoms with Crippen LogP contribution in [0, 0.1) is 0 Å². The molecule has 19 heavy (non-hydrogen) atoms. The van der Waals surface area contributed by atoms with Crippen LogP contribution in [0.2, 0.25) is 5.15 Å². The van der Waals surface area contributed by atoms with Gasteiger partial charge in [-0.1, -0.05) is 11.6 Å². The van der Waals surface area contributed by atoms with Gasteiger partial charge in [-0.05, 0) is 30.3 Å². The van der Waals surface area contributed by atoms with Crippen molar-refractivity contribution in [2.24, 2.45) is 0 Å². The summed E-state index contributed by atoms with van der Waals surface area (Å²) in [6.45, 7) is 0. The highest BCUT2D eigenvalue weighted by molar-refractivity contribution is 6.33. The lowest BCUT2D eigenvalue weighted by Gasteiger charge is -2.11. The SMILES string of the molecule is CN(C)c1ccc(-c2nc3c(Cl)nccc3[nH]2)cc1. The zero-order chi connectivity index (χ0) is 13.4. The number of fused-ring (bicyclic) bond motifs is 1. The molecule has 0 unspecified atom stereocenters. The van der Waals surface area contributed by atoms with E-state index in [1.54, 1.807) is 6.20 Å².